The van der Waals surface area contributed by atoms with Crippen molar-refractivity contribution < 1.29 is 9.59 Å². The Labute approximate surface area is 377 Å². The van der Waals surface area contributed by atoms with Crippen LogP contribution in [0.1, 0.15) is 37.4 Å². The smallest absolute Gasteiger partial charge is 0.197 e. The van der Waals surface area contributed by atoms with Gasteiger partial charge in [-0.15, -0.1) is 0 Å². The minimum absolute atomic E-state index is 0.212. The first-order valence-corrected chi connectivity index (χ1v) is 22.3. The van der Waals surface area contributed by atoms with Crippen LogP contribution < -0.4 is 4.90 Å². The molecule has 304 valence electrons. The van der Waals surface area contributed by atoms with E-state index >= 15 is 0 Å². The van der Waals surface area contributed by atoms with Crippen molar-refractivity contribution in [1.82, 2.24) is 0 Å². The van der Waals surface area contributed by atoms with E-state index in [-0.39, 0.29) is 17.1 Å². The van der Waals surface area contributed by atoms with Crippen LogP contribution in [0, 0.1) is 13.8 Å². The molecule has 0 bridgehead atoms. The third-order valence-corrected chi connectivity index (χ3v) is 13.9. The number of benzene rings is 10. The molecule has 0 unspecified atom stereocenters. The van der Waals surface area contributed by atoms with Crippen LogP contribution in [0.25, 0.3) is 94.4 Å². The van der Waals surface area contributed by atoms with Crippen molar-refractivity contribution in [2.75, 3.05) is 4.90 Å². The molecule has 65 heavy (non-hydrogen) atoms. The quantitative estimate of drug-likeness (QED) is 0.124. The fourth-order valence-corrected chi connectivity index (χ4v) is 11.1. The van der Waals surface area contributed by atoms with Gasteiger partial charge in [0.2, 0.25) is 0 Å². The molecule has 0 amide bonds. The van der Waals surface area contributed by atoms with Crippen molar-refractivity contribution in [3.63, 3.8) is 0 Å². The summed E-state index contributed by atoms with van der Waals surface area (Å²) < 4.78 is 0. The molecule has 3 aliphatic carbocycles. The first-order valence-electron chi connectivity index (χ1n) is 22.3. The number of carbonyl (C=O) groups is 2. The van der Waals surface area contributed by atoms with Crippen molar-refractivity contribution in [3.05, 3.63) is 228 Å². The molecule has 0 saturated heterocycles. The SMILES string of the molecule is Cc1ccccc1-c1c2c(c(-c3ccccc3C)c3cc(N(c4ccccc4)c4ccccc4)ccc13)-c1ccc3c4c(ccc-2c14)-c1ccc(C=C2C(=O)c4ccccc4C2=O)cc1-3. The summed E-state index contributed by atoms with van der Waals surface area (Å²) in [5.74, 6) is -0.425. The van der Waals surface area contributed by atoms with Crippen LogP contribution in [-0.4, -0.2) is 11.6 Å². The fraction of sp³-hybridized carbons (Fsp3) is 0.0323. The molecule has 3 aliphatic rings. The summed E-state index contributed by atoms with van der Waals surface area (Å²) in [4.78, 5) is 29.3. The van der Waals surface area contributed by atoms with E-state index < -0.39 is 0 Å². The van der Waals surface area contributed by atoms with Gasteiger partial charge in [0.25, 0.3) is 0 Å². The normalized spacial score (nSPS) is 12.8. The molecule has 10 aromatic rings. The molecule has 3 nitrogen and oxygen atoms in total. The molecule has 3 heteroatoms. The lowest BCUT2D eigenvalue weighted by atomic mass is 9.80. The Balaban J connectivity index is 1.09. The summed E-state index contributed by atoms with van der Waals surface area (Å²) >= 11 is 0. The topological polar surface area (TPSA) is 37.4 Å². The van der Waals surface area contributed by atoms with Crippen molar-refractivity contribution in [2.45, 2.75) is 13.8 Å². The lowest BCUT2D eigenvalue weighted by molar-refractivity contribution is 0.0990. The van der Waals surface area contributed by atoms with Crippen molar-refractivity contribution in [1.29, 1.82) is 0 Å². The van der Waals surface area contributed by atoms with Crippen molar-refractivity contribution in [3.8, 4) is 66.8 Å². The maximum atomic E-state index is 13.4. The van der Waals surface area contributed by atoms with Gasteiger partial charge in [-0.1, -0.05) is 152 Å². The van der Waals surface area contributed by atoms with Crippen LogP contribution in [0.15, 0.2) is 200 Å². The molecule has 0 saturated carbocycles. The standard InChI is InChI=1S/C62H39NO2/c1-36-15-9-11-21-42(36)55-47-28-26-41(63(39-17-5-3-6-18-39)40-19-7-4-8-20-40)35-53(47)56(43-22-12-10-16-37(43)2)60-51-32-30-46-52-33-38(34-54-61(64)48-23-13-14-24-49(48)62(54)65)25-27-44(52)45-29-31-50(59(55)60)58(51)57(45)46/h3-35H,1-2H3. The van der Waals surface area contributed by atoms with Gasteiger partial charge in [0.1, 0.15) is 0 Å². The molecule has 13 rings (SSSR count). The number of aryl methyl sites for hydroxylation is 2. The number of fused-ring (bicyclic) bond motifs is 8. The first-order chi connectivity index (χ1) is 31.9. The van der Waals surface area contributed by atoms with Gasteiger partial charge in [-0.25, -0.2) is 0 Å². The number of hydrogen-bond acceptors (Lipinski definition) is 3. The minimum atomic E-state index is -0.212. The monoisotopic (exact) mass is 829 g/mol. The number of ketones is 2. The van der Waals surface area contributed by atoms with E-state index in [1.54, 1.807) is 18.2 Å². The Bertz CT molecular complexity index is 3690. The number of allylic oxidation sites excluding steroid dienone is 1. The van der Waals surface area contributed by atoms with E-state index in [1.807, 2.05) is 18.2 Å². The summed E-state index contributed by atoms with van der Waals surface area (Å²) in [6.45, 7) is 4.46. The Morgan fingerprint density at radius 3 is 1.37 bits per heavy atom. The number of nitrogens with zero attached hydrogens (tertiary/aromatic N) is 1. The fourth-order valence-electron chi connectivity index (χ4n) is 11.1. The van der Waals surface area contributed by atoms with Gasteiger partial charge in [0.05, 0.1) is 5.57 Å². The first kappa shape index (κ1) is 37.2. The molecule has 0 aliphatic heterocycles. The third kappa shape index (κ3) is 5.36. The van der Waals surface area contributed by atoms with Gasteiger partial charge in [0.15, 0.2) is 11.6 Å². The Morgan fingerprint density at radius 2 is 0.800 bits per heavy atom. The summed E-state index contributed by atoms with van der Waals surface area (Å²) in [7, 11) is 0. The highest BCUT2D eigenvalue weighted by molar-refractivity contribution is 6.41. The van der Waals surface area contributed by atoms with Crippen LogP contribution in [0.4, 0.5) is 17.1 Å². The summed E-state index contributed by atoms with van der Waals surface area (Å²) in [6, 6.07) is 68.8. The Hall–Kier alpha value is -8.40. The second kappa shape index (κ2) is 14.1. The van der Waals surface area contributed by atoms with E-state index in [0.717, 1.165) is 33.8 Å². The number of hydrogen-bond donors (Lipinski definition) is 0. The van der Waals surface area contributed by atoms with Crippen LogP contribution in [0.3, 0.4) is 0 Å². The highest BCUT2D eigenvalue weighted by atomic mass is 16.2. The Kier molecular flexibility index (Phi) is 8.04. The highest BCUT2D eigenvalue weighted by Gasteiger charge is 2.36. The van der Waals surface area contributed by atoms with Gasteiger partial charge in [-0.05, 0) is 167 Å². The van der Waals surface area contributed by atoms with Crippen LogP contribution in [0.5, 0.6) is 0 Å². The number of anilines is 3. The van der Waals surface area contributed by atoms with E-state index in [1.165, 1.54) is 88.3 Å². The van der Waals surface area contributed by atoms with Gasteiger partial charge >= 0.3 is 0 Å². The van der Waals surface area contributed by atoms with Gasteiger partial charge in [0, 0.05) is 28.2 Å². The van der Waals surface area contributed by atoms with E-state index in [0.29, 0.717) is 11.1 Å². The highest BCUT2D eigenvalue weighted by Crippen LogP contribution is 2.62. The third-order valence-electron chi connectivity index (χ3n) is 13.9. The zero-order chi connectivity index (χ0) is 43.5. The second-order valence-corrected chi connectivity index (χ2v) is 17.5. The van der Waals surface area contributed by atoms with Crippen LogP contribution in [-0.2, 0) is 0 Å². The molecule has 0 spiro atoms. The number of para-hydroxylation sites is 2. The lowest BCUT2D eigenvalue weighted by Gasteiger charge is -2.27. The summed E-state index contributed by atoms with van der Waals surface area (Å²) in [5.41, 5.74) is 22.3. The number of carbonyl (C=O) groups excluding carboxylic acids is 2. The largest absolute Gasteiger partial charge is 0.310 e. The van der Waals surface area contributed by atoms with E-state index in [2.05, 4.69) is 183 Å². The molecule has 0 N–H and O–H groups in total. The average Bonchev–Trinajstić information content (AvgIpc) is 3.93. The summed E-state index contributed by atoms with van der Waals surface area (Å²) in [6.07, 6.45) is 1.78. The Morgan fingerprint density at radius 1 is 0.338 bits per heavy atom. The van der Waals surface area contributed by atoms with Gasteiger partial charge in [-0.3, -0.25) is 9.59 Å². The molecular weight excluding hydrogens is 791 g/mol. The van der Waals surface area contributed by atoms with Crippen molar-refractivity contribution >= 4 is 56.2 Å². The molecule has 0 radical (unpaired) electrons. The van der Waals surface area contributed by atoms with Crippen LogP contribution >= 0.6 is 0 Å². The number of rotatable bonds is 6. The molecule has 0 atom stereocenters. The predicted molar refractivity (Wildman–Crippen MR) is 268 cm³/mol. The molecule has 0 heterocycles. The zero-order valence-electron chi connectivity index (χ0n) is 35.8. The molecule has 10 aromatic carbocycles. The summed E-state index contributed by atoms with van der Waals surface area (Å²) in [5, 5.41) is 4.91. The lowest BCUT2D eigenvalue weighted by Crippen LogP contribution is -2.09. The maximum absolute atomic E-state index is 13.4. The zero-order valence-corrected chi connectivity index (χ0v) is 35.8. The van der Waals surface area contributed by atoms with Gasteiger partial charge < -0.3 is 4.90 Å². The number of Topliss-reactive ketones (excluding diaryl/α,β-unsaturated/α-hetero) is 2. The molecule has 0 fully saturated rings. The van der Waals surface area contributed by atoms with Crippen molar-refractivity contribution in [2.24, 2.45) is 0 Å². The van der Waals surface area contributed by atoms with Gasteiger partial charge in [-0.2, -0.15) is 0 Å². The van der Waals surface area contributed by atoms with E-state index in [4.69, 9.17) is 0 Å². The minimum Gasteiger partial charge on any atom is -0.310 e. The predicted octanol–water partition coefficient (Wildman–Crippen LogP) is 16.2. The van der Waals surface area contributed by atoms with E-state index in [9.17, 15) is 9.59 Å². The average molecular weight is 830 g/mol. The molecular formula is C62H39NO2. The second-order valence-electron chi connectivity index (χ2n) is 17.5. The van der Waals surface area contributed by atoms with Crippen LogP contribution in [0.2, 0.25) is 0 Å². The molecule has 0 aromatic heterocycles. The maximum Gasteiger partial charge on any atom is 0.197 e.